The SMILES string of the molecule is CC1(C)OB(/C=C/c2ncc(C(=O)O)cc2N)OC1(C)C. The number of carboxylic acid groups (broad SMARTS) is 1. The van der Waals surface area contributed by atoms with E-state index in [4.69, 9.17) is 20.1 Å². The van der Waals surface area contributed by atoms with Crippen LogP contribution in [0, 0.1) is 0 Å². The van der Waals surface area contributed by atoms with Gasteiger partial charge in [-0.1, -0.05) is 5.98 Å². The maximum absolute atomic E-state index is 10.8. The number of nitrogen functional groups attached to an aromatic ring is 1. The molecule has 1 saturated heterocycles. The van der Waals surface area contributed by atoms with E-state index in [9.17, 15) is 4.79 Å². The van der Waals surface area contributed by atoms with Gasteiger partial charge in [-0.25, -0.2) is 4.79 Å². The van der Waals surface area contributed by atoms with Gasteiger partial charge in [0.25, 0.3) is 0 Å². The second kappa shape index (κ2) is 5.16. The monoisotopic (exact) mass is 290 g/mol. The third kappa shape index (κ3) is 3.09. The van der Waals surface area contributed by atoms with Gasteiger partial charge >= 0.3 is 13.1 Å². The van der Waals surface area contributed by atoms with Gasteiger partial charge in [0, 0.05) is 6.20 Å². The smallest absolute Gasteiger partial charge is 0.478 e. The first-order chi connectivity index (χ1) is 9.62. The van der Waals surface area contributed by atoms with Crippen molar-refractivity contribution in [3.05, 3.63) is 29.5 Å². The predicted molar refractivity (Wildman–Crippen MR) is 80.7 cm³/mol. The molecule has 1 aromatic rings. The second-order valence-electron chi connectivity index (χ2n) is 5.99. The van der Waals surface area contributed by atoms with Gasteiger partial charge in [-0.05, 0) is 39.8 Å². The van der Waals surface area contributed by atoms with Crippen LogP contribution in [0.2, 0.25) is 0 Å². The van der Waals surface area contributed by atoms with Gasteiger partial charge < -0.3 is 20.1 Å². The molecule has 2 heterocycles. The molecule has 0 aromatic carbocycles. The molecule has 0 unspecified atom stereocenters. The van der Waals surface area contributed by atoms with Crippen molar-refractivity contribution in [2.75, 3.05) is 5.73 Å². The van der Waals surface area contributed by atoms with Crippen molar-refractivity contribution in [2.45, 2.75) is 38.9 Å². The van der Waals surface area contributed by atoms with E-state index in [2.05, 4.69) is 4.98 Å². The van der Waals surface area contributed by atoms with Crippen molar-refractivity contribution in [3.8, 4) is 0 Å². The molecule has 0 spiro atoms. The molecule has 1 aliphatic heterocycles. The van der Waals surface area contributed by atoms with E-state index < -0.39 is 24.3 Å². The Hall–Kier alpha value is -1.86. The predicted octanol–water partition coefficient (Wildman–Crippen LogP) is 2.01. The summed E-state index contributed by atoms with van der Waals surface area (Å²) in [7, 11) is -0.490. The van der Waals surface area contributed by atoms with Gasteiger partial charge in [0.2, 0.25) is 0 Å². The van der Waals surface area contributed by atoms with E-state index in [1.807, 2.05) is 27.7 Å². The molecule has 0 atom stereocenters. The quantitative estimate of drug-likeness (QED) is 0.827. The molecule has 7 heteroatoms. The summed E-state index contributed by atoms with van der Waals surface area (Å²) in [4.78, 5) is 14.9. The first kappa shape index (κ1) is 15.5. The van der Waals surface area contributed by atoms with Crippen LogP contribution in [0.15, 0.2) is 18.2 Å². The first-order valence-corrected chi connectivity index (χ1v) is 6.65. The highest BCUT2D eigenvalue weighted by molar-refractivity contribution is 6.52. The van der Waals surface area contributed by atoms with E-state index in [-0.39, 0.29) is 5.56 Å². The number of hydrogen-bond donors (Lipinski definition) is 2. The number of carbonyl (C=O) groups is 1. The van der Waals surface area contributed by atoms with Crippen LogP contribution in [-0.2, 0) is 9.31 Å². The summed E-state index contributed by atoms with van der Waals surface area (Å²) in [6.45, 7) is 7.87. The molecule has 1 aliphatic rings. The van der Waals surface area contributed by atoms with Crippen LogP contribution in [0.3, 0.4) is 0 Å². The fraction of sp³-hybridized carbons (Fsp3) is 0.429. The van der Waals surface area contributed by atoms with Crippen LogP contribution in [0.5, 0.6) is 0 Å². The molecule has 0 amide bonds. The summed E-state index contributed by atoms with van der Waals surface area (Å²) in [6.07, 6.45) is 2.94. The molecule has 112 valence electrons. The Morgan fingerprint density at radius 1 is 1.33 bits per heavy atom. The molecule has 2 rings (SSSR count). The molecule has 1 fully saturated rings. The molecule has 21 heavy (non-hydrogen) atoms. The van der Waals surface area contributed by atoms with Crippen molar-refractivity contribution in [3.63, 3.8) is 0 Å². The highest BCUT2D eigenvalue weighted by atomic mass is 16.7. The molecule has 3 N–H and O–H groups in total. The van der Waals surface area contributed by atoms with Crippen molar-refractivity contribution < 1.29 is 19.2 Å². The lowest BCUT2D eigenvalue weighted by atomic mass is 9.89. The minimum atomic E-state index is -1.06. The third-order valence-corrected chi connectivity index (χ3v) is 3.88. The maximum Gasteiger partial charge on any atom is 0.487 e. The standard InChI is InChI=1S/C14H19BN2O4/c1-13(2)14(3,4)21-15(20-13)6-5-11-10(16)7-9(8-17-11)12(18)19/h5-8H,16H2,1-4H3,(H,18,19)/b6-5+. The Labute approximate surface area is 124 Å². The number of hydrogen-bond acceptors (Lipinski definition) is 5. The number of rotatable bonds is 3. The average Bonchev–Trinajstić information content (AvgIpc) is 2.56. The van der Waals surface area contributed by atoms with E-state index in [0.29, 0.717) is 11.4 Å². The van der Waals surface area contributed by atoms with Gasteiger partial charge in [0.05, 0.1) is 28.1 Å². The maximum atomic E-state index is 10.8. The summed E-state index contributed by atoms with van der Waals surface area (Å²) in [5, 5.41) is 8.86. The molecule has 1 aromatic heterocycles. The van der Waals surface area contributed by atoms with Gasteiger partial charge in [0.1, 0.15) is 0 Å². The average molecular weight is 290 g/mol. The minimum Gasteiger partial charge on any atom is -0.478 e. The van der Waals surface area contributed by atoms with Crippen molar-refractivity contribution in [1.82, 2.24) is 4.98 Å². The zero-order chi connectivity index (χ0) is 15.8. The minimum absolute atomic E-state index is 0.0558. The Kier molecular flexibility index (Phi) is 3.82. The van der Waals surface area contributed by atoms with E-state index in [1.165, 1.54) is 12.3 Å². The van der Waals surface area contributed by atoms with Crippen LogP contribution in [0.25, 0.3) is 6.08 Å². The summed E-state index contributed by atoms with van der Waals surface area (Å²) < 4.78 is 11.6. The van der Waals surface area contributed by atoms with Gasteiger partial charge in [-0.15, -0.1) is 0 Å². The van der Waals surface area contributed by atoms with E-state index in [0.717, 1.165) is 0 Å². The third-order valence-electron chi connectivity index (χ3n) is 3.88. The highest BCUT2D eigenvalue weighted by Crippen LogP contribution is 2.37. The lowest BCUT2D eigenvalue weighted by molar-refractivity contribution is 0.00578. The number of nitrogens with two attached hydrogens (primary N) is 1. The zero-order valence-corrected chi connectivity index (χ0v) is 12.6. The molecular formula is C14H19BN2O4. The van der Waals surface area contributed by atoms with Crippen LogP contribution in [-0.4, -0.2) is 34.4 Å². The Bertz CT molecular complexity index is 583. The van der Waals surface area contributed by atoms with Crippen molar-refractivity contribution in [1.29, 1.82) is 0 Å². The fourth-order valence-corrected chi connectivity index (χ4v) is 1.89. The molecule has 0 saturated carbocycles. The van der Waals surface area contributed by atoms with Crippen LogP contribution < -0.4 is 5.73 Å². The summed E-state index contributed by atoms with van der Waals surface area (Å²) in [5.74, 6) is 0.658. The fourth-order valence-electron chi connectivity index (χ4n) is 1.89. The summed E-state index contributed by atoms with van der Waals surface area (Å²) in [6, 6.07) is 1.37. The molecule has 0 bridgehead atoms. The first-order valence-electron chi connectivity index (χ1n) is 6.65. The molecular weight excluding hydrogens is 271 g/mol. The van der Waals surface area contributed by atoms with Crippen LogP contribution in [0.1, 0.15) is 43.7 Å². The normalized spacial score (nSPS) is 20.1. The second-order valence-corrected chi connectivity index (χ2v) is 5.99. The number of nitrogens with zero attached hydrogens (tertiary/aromatic N) is 1. The molecule has 6 nitrogen and oxygen atoms in total. The number of aromatic carboxylic acids is 1. The highest BCUT2D eigenvalue weighted by Gasteiger charge is 2.50. The van der Waals surface area contributed by atoms with Crippen LogP contribution in [0.4, 0.5) is 5.69 Å². The number of pyridine rings is 1. The topological polar surface area (TPSA) is 94.7 Å². The lowest BCUT2D eigenvalue weighted by Gasteiger charge is -2.32. The van der Waals surface area contributed by atoms with Crippen LogP contribution >= 0.6 is 0 Å². The van der Waals surface area contributed by atoms with Crippen molar-refractivity contribution in [2.24, 2.45) is 0 Å². The lowest BCUT2D eigenvalue weighted by Crippen LogP contribution is -2.41. The largest absolute Gasteiger partial charge is 0.487 e. The van der Waals surface area contributed by atoms with Gasteiger partial charge in [0.15, 0.2) is 0 Å². The van der Waals surface area contributed by atoms with E-state index in [1.54, 1.807) is 12.1 Å². The Balaban J connectivity index is 2.14. The number of anilines is 1. The zero-order valence-electron chi connectivity index (χ0n) is 12.6. The molecule has 0 radical (unpaired) electrons. The summed E-state index contributed by atoms with van der Waals surface area (Å²) >= 11 is 0. The molecule has 0 aliphatic carbocycles. The number of aromatic nitrogens is 1. The summed E-state index contributed by atoms with van der Waals surface area (Å²) in [5.41, 5.74) is 5.81. The van der Waals surface area contributed by atoms with Gasteiger partial charge in [-0.2, -0.15) is 0 Å². The Morgan fingerprint density at radius 3 is 2.38 bits per heavy atom. The Morgan fingerprint density at radius 2 is 1.90 bits per heavy atom. The van der Waals surface area contributed by atoms with Gasteiger partial charge in [-0.3, -0.25) is 4.98 Å². The van der Waals surface area contributed by atoms with Crippen molar-refractivity contribution >= 4 is 24.9 Å². The van der Waals surface area contributed by atoms with E-state index >= 15 is 0 Å². The number of carboxylic acids is 1.